The van der Waals surface area contributed by atoms with Crippen molar-refractivity contribution in [3.63, 3.8) is 0 Å². The topological polar surface area (TPSA) is 66.5 Å². The summed E-state index contributed by atoms with van der Waals surface area (Å²) < 4.78 is 28.8. The summed E-state index contributed by atoms with van der Waals surface area (Å²) in [4.78, 5) is 13.4. The van der Waals surface area contributed by atoms with Crippen LogP contribution >= 0.6 is 0 Å². The number of nitrogens with one attached hydrogen (secondary N) is 1. The first-order chi connectivity index (χ1) is 16.1. The molecule has 178 valence electrons. The van der Waals surface area contributed by atoms with Crippen LogP contribution in [0.5, 0.6) is 0 Å². The smallest absolute Gasteiger partial charge is 0.265 e. The summed E-state index contributed by atoms with van der Waals surface area (Å²) in [5, 5.41) is 2.96. The number of anilines is 1. The number of nitrogens with zero attached hydrogens (tertiary/aromatic N) is 1. The third-order valence-corrected chi connectivity index (χ3v) is 8.14. The third kappa shape index (κ3) is 4.87. The number of hydrogen-bond donors (Lipinski definition) is 1. The van der Waals surface area contributed by atoms with Gasteiger partial charge in [0.2, 0.25) is 5.91 Å². The van der Waals surface area contributed by atoms with Crippen molar-refractivity contribution in [3.05, 3.63) is 95.1 Å². The largest absolute Gasteiger partial charge is 0.354 e. The summed E-state index contributed by atoms with van der Waals surface area (Å²) in [6.07, 6.45) is 1.04. The average molecular weight is 477 g/mol. The standard InChI is InChI=1S/C28H32N2O3S/c1-20-8-7-9-21(18-20)16-17-29-27(31)26-19-22-10-5-6-11-25(22)30(26)34(32,33)24-14-12-23(13-15-24)28(2,3)4/h5-15,18,26H,16-17,19H2,1-4H3,(H,29,31)/t26-/m0/s1. The van der Waals surface area contributed by atoms with Gasteiger partial charge in [-0.1, -0.05) is 80.9 Å². The zero-order valence-corrected chi connectivity index (χ0v) is 21.0. The molecule has 0 saturated carbocycles. The first-order valence-electron chi connectivity index (χ1n) is 11.6. The Morgan fingerprint density at radius 1 is 1.00 bits per heavy atom. The van der Waals surface area contributed by atoms with Crippen LogP contribution in [0.25, 0.3) is 0 Å². The zero-order valence-electron chi connectivity index (χ0n) is 20.2. The summed E-state index contributed by atoms with van der Waals surface area (Å²) in [5.74, 6) is -0.279. The van der Waals surface area contributed by atoms with E-state index in [1.807, 2.05) is 55.5 Å². The van der Waals surface area contributed by atoms with Crippen molar-refractivity contribution in [2.45, 2.75) is 56.9 Å². The van der Waals surface area contributed by atoms with E-state index in [4.69, 9.17) is 0 Å². The van der Waals surface area contributed by atoms with Crippen LogP contribution in [0.15, 0.2) is 77.7 Å². The summed E-state index contributed by atoms with van der Waals surface area (Å²) in [7, 11) is -3.92. The van der Waals surface area contributed by atoms with Crippen LogP contribution in [-0.4, -0.2) is 26.9 Å². The molecule has 0 fully saturated rings. The van der Waals surface area contributed by atoms with Crippen LogP contribution in [0.3, 0.4) is 0 Å². The second-order valence-electron chi connectivity index (χ2n) is 9.95. The molecule has 6 heteroatoms. The normalized spacial score (nSPS) is 15.8. The Bertz CT molecular complexity index is 1290. The van der Waals surface area contributed by atoms with Crippen LogP contribution in [0, 0.1) is 6.92 Å². The Kier molecular flexibility index (Phi) is 6.54. The van der Waals surface area contributed by atoms with Crippen molar-refractivity contribution in [2.24, 2.45) is 0 Å². The number of carbonyl (C=O) groups is 1. The second kappa shape index (κ2) is 9.26. The minimum atomic E-state index is -3.92. The maximum atomic E-state index is 13.8. The molecule has 0 spiro atoms. The first-order valence-corrected chi connectivity index (χ1v) is 13.1. The third-order valence-electron chi connectivity index (χ3n) is 6.30. The van der Waals surface area contributed by atoms with Crippen LogP contribution in [0.4, 0.5) is 5.69 Å². The highest BCUT2D eigenvalue weighted by Gasteiger charge is 2.42. The van der Waals surface area contributed by atoms with E-state index in [1.165, 1.54) is 9.87 Å². The molecule has 0 unspecified atom stereocenters. The number of carbonyl (C=O) groups excluding carboxylic acids is 1. The molecule has 1 aliphatic heterocycles. The molecule has 0 aliphatic carbocycles. The van der Waals surface area contributed by atoms with Gasteiger partial charge in [0.25, 0.3) is 10.0 Å². The first kappa shape index (κ1) is 24.0. The number of aryl methyl sites for hydroxylation is 1. The van der Waals surface area contributed by atoms with Crippen molar-refractivity contribution in [1.82, 2.24) is 5.32 Å². The number of sulfonamides is 1. The van der Waals surface area contributed by atoms with Gasteiger partial charge in [-0.15, -0.1) is 0 Å². The van der Waals surface area contributed by atoms with Crippen molar-refractivity contribution < 1.29 is 13.2 Å². The van der Waals surface area contributed by atoms with E-state index in [-0.39, 0.29) is 16.2 Å². The summed E-state index contributed by atoms with van der Waals surface area (Å²) in [6.45, 7) is 8.75. The molecule has 1 atom stereocenters. The van der Waals surface area contributed by atoms with Gasteiger partial charge in [0.15, 0.2) is 0 Å². The Morgan fingerprint density at radius 2 is 1.71 bits per heavy atom. The molecular formula is C28H32N2O3S. The molecule has 4 rings (SSSR count). The predicted octanol–water partition coefficient (Wildman–Crippen LogP) is 4.77. The van der Waals surface area contributed by atoms with Crippen LogP contribution < -0.4 is 9.62 Å². The van der Waals surface area contributed by atoms with Gasteiger partial charge < -0.3 is 5.32 Å². The van der Waals surface area contributed by atoms with Gasteiger partial charge >= 0.3 is 0 Å². The zero-order chi connectivity index (χ0) is 24.5. The van der Waals surface area contributed by atoms with Gasteiger partial charge in [0.05, 0.1) is 10.6 Å². The summed E-state index contributed by atoms with van der Waals surface area (Å²) >= 11 is 0. The summed E-state index contributed by atoms with van der Waals surface area (Å²) in [5.41, 5.74) is 4.71. The minimum absolute atomic E-state index is 0.0811. The molecule has 0 saturated heterocycles. The molecular weight excluding hydrogens is 444 g/mol. The van der Waals surface area contributed by atoms with Crippen molar-refractivity contribution >= 4 is 21.6 Å². The Hall–Kier alpha value is -3.12. The van der Waals surface area contributed by atoms with Gasteiger partial charge in [0, 0.05) is 13.0 Å². The molecule has 1 amide bonds. The fourth-order valence-corrected chi connectivity index (χ4v) is 6.06. The monoisotopic (exact) mass is 476 g/mol. The van der Waals surface area contributed by atoms with Crippen molar-refractivity contribution in [3.8, 4) is 0 Å². The maximum Gasteiger partial charge on any atom is 0.265 e. The Morgan fingerprint density at radius 3 is 2.38 bits per heavy atom. The molecule has 0 radical (unpaired) electrons. The van der Waals surface area contributed by atoms with Crippen molar-refractivity contribution in [1.29, 1.82) is 0 Å². The molecule has 34 heavy (non-hydrogen) atoms. The van der Waals surface area contributed by atoms with Gasteiger partial charge in [-0.05, 0) is 53.6 Å². The lowest BCUT2D eigenvalue weighted by Crippen LogP contribution is -2.48. The van der Waals surface area contributed by atoms with E-state index >= 15 is 0 Å². The number of hydrogen-bond acceptors (Lipinski definition) is 3. The maximum absolute atomic E-state index is 13.8. The van der Waals surface area contributed by atoms with E-state index in [1.54, 1.807) is 18.2 Å². The van der Waals surface area contributed by atoms with E-state index < -0.39 is 16.1 Å². The quantitative estimate of drug-likeness (QED) is 0.557. The fourth-order valence-electron chi connectivity index (χ4n) is 4.41. The van der Waals surface area contributed by atoms with E-state index in [0.29, 0.717) is 25.1 Å². The highest BCUT2D eigenvalue weighted by Crippen LogP contribution is 2.37. The molecule has 0 bridgehead atoms. The van der Waals surface area contributed by atoms with E-state index in [9.17, 15) is 13.2 Å². The van der Waals surface area contributed by atoms with Gasteiger partial charge in [-0.3, -0.25) is 9.10 Å². The second-order valence-corrected chi connectivity index (χ2v) is 11.8. The molecule has 3 aromatic carbocycles. The number of benzene rings is 3. The van der Waals surface area contributed by atoms with Crippen LogP contribution in [-0.2, 0) is 33.1 Å². The average Bonchev–Trinajstić information content (AvgIpc) is 3.19. The minimum Gasteiger partial charge on any atom is -0.354 e. The SMILES string of the molecule is Cc1cccc(CCNC(=O)[C@@H]2Cc3ccccc3N2S(=O)(=O)c2ccc(C(C)(C)C)cc2)c1. The van der Waals surface area contributed by atoms with Crippen LogP contribution in [0.2, 0.25) is 0 Å². The molecule has 5 nitrogen and oxygen atoms in total. The lowest BCUT2D eigenvalue weighted by atomic mass is 9.87. The van der Waals surface area contributed by atoms with Crippen molar-refractivity contribution in [2.75, 3.05) is 10.8 Å². The molecule has 1 aliphatic rings. The lowest BCUT2D eigenvalue weighted by Gasteiger charge is -2.27. The Labute approximate surface area is 202 Å². The fraction of sp³-hybridized carbons (Fsp3) is 0.321. The van der Waals surface area contributed by atoms with Crippen LogP contribution in [0.1, 0.15) is 43.0 Å². The number of amides is 1. The number of fused-ring (bicyclic) bond motifs is 1. The number of para-hydroxylation sites is 1. The molecule has 0 aromatic heterocycles. The number of rotatable bonds is 6. The predicted molar refractivity (Wildman–Crippen MR) is 137 cm³/mol. The molecule has 3 aromatic rings. The van der Waals surface area contributed by atoms with Gasteiger partial charge in [0.1, 0.15) is 6.04 Å². The van der Waals surface area contributed by atoms with E-state index in [0.717, 1.165) is 16.7 Å². The van der Waals surface area contributed by atoms with Gasteiger partial charge in [-0.2, -0.15) is 0 Å². The Balaban J connectivity index is 1.58. The molecule has 1 N–H and O–H groups in total. The summed E-state index contributed by atoms with van der Waals surface area (Å²) in [6, 6.07) is 21.7. The molecule has 1 heterocycles. The lowest BCUT2D eigenvalue weighted by molar-refractivity contribution is -0.122. The highest BCUT2D eigenvalue weighted by atomic mass is 32.2. The van der Waals surface area contributed by atoms with Gasteiger partial charge in [-0.25, -0.2) is 8.42 Å². The highest BCUT2D eigenvalue weighted by molar-refractivity contribution is 7.93. The van der Waals surface area contributed by atoms with E-state index in [2.05, 4.69) is 32.2 Å².